The Morgan fingerprint density at radius 1 is 1.22 bits per heavy atom. The van der Waals surface area contributed by atoms with Gasteiger partial charge in [-0.25, -0.2) is 9.18 Å². The minimum absolute atomic E-state index is 0.174. The first-order valence-corrected chi connectivity index (χ1v) is 6.93. The van der Waals surface area contributed by atoms with E-state index < -0.39 is 17.2 Å². The van der Waals surface area contributed by atoms with Crippen molar-refractivity contribution in [3.05, 3.63) is 81.4 Å². The molecule has 1 heterocycles. The number of amides is 1. The van der Waals surface area contributed by atoms with Crippen LogP contribution in [0.1, 0.15) is 5.56 Å². The van der Waals surface area contributed by atoms with Crippen molar-refractivity contribution in [2.24, 2.45) is 0 Å². The molecule has 0 spiro atoms. The maximum absolute atomic E-state index is 12.9. The molecule has 1 aromatic heterocycles. The molecule has 6 nitrogen and oxygen atoms in total. The molecule has 0 fully saturated rings. The van der Waals surface area contributed by atoms with E-state index in [1.54, 1.807) is 12.1 Å². The Morgan fingerprint density at radius 3 is 2.57 bits per heavy atom. The zero-order chi connectivity index (χ0) is 16.8. The predicted molar refractivity (Wildman–Crippen MR) is 83.7 cm³/mol. The van der Waals surface area contributed by atoms with Crippen LogP contribution in [0.5, 0.6) is 0 Å². The van der Waals surface area contributed by atoms with Crippen LogP contribution in [0, 0.1) is 5.82 Å². The lowest BCUT2D eigenvalue weighted by molar-refractivity contribution is -0.121. The number of aromatic nitrogens is 2. The summed E-state index contributed by atoms with van der Waals surface area (Å²) in [5, 5.41) is 2.50. The fraction of sp³-hybridized carbons (Fsp3) is 0.188. The van der Waals surface area contributed by atoms with E-state index >= 15 is 0 Å². The number of hydrogen-bond donors (Lipinski definition) is 1. The number of carbonyl (C=O) groups excluding carboxylic acids is 1. The third kappa shape index (κ3) is 4.26. The number of benzene rings is 1. The normalized spacial score (nSPS) is 10.3. The summed E-state index contributed by atoms with van der Waals surface area (Å²) in [6, 6.07) is 6.89. The molecule has 1 N–H and O–H groups in total. The molecule has 7 heteroatoms. The number of carbonyl (C=O) groups is 1. The van der Waals surface area contributed by atoms with Gasteiger partial charge in [0, 0.05) is 18.8 Å². The first-order chi connectivity index (χ1) is 11.0. The molecule has 2 aromatic rings. The summed E-state index contributed by atoms with van der Waals surface area (Å²) in [4.78, 5) is 35.8. The van der Waals surface area contributed by atoms with Gasteiger partial charge in [0.25, 0.3) is 5.56 Å². The van der Waals surface area contributed by atoms with Crippen molar-refractivity contribution in [1.82, 2.24) is 14.5 Å². The van der Waals surface area contributed by atoms with E-state index in [4.69, 9.17) is 0 Å². The molecule has 0 aliphatic heterocycles. The summed E-state index contributed by atoms with van der Waals surface area (Å²) < 4.78 is 15.0. The Kier molecular flexibility index (Phi) is 5.24. The summed E-state index contributed by atoms with van der Waals surface area (Å²) in [5.41, 5.74) is -0.454. The van der Waals surface area contributed by atoms with Gasteiger partial charge in [0.05, 0.1) is 6.54 Å². The third-order valence-electron chi connectivity index (χ3n) is 3.15. The number of halogens is 1. The predicted octanol–water partition coefficient (Wildman–Crippen LogP) is 0.500. The molecule has 120 valence electrons. The molecule has 0 radical (unpaired) electrons. The van der Waals surface area contributed by atoms with Crippen molar-refractivity contribution >= 4 is 5.91 Å². The molecule has 1 aromatic carbocycles. The van der Waals surface area contributed by atoms with Gasteiger partial charge >= 0.3 is 5.69 Å². The molecule has 0 bridgehead atoms. The fourth-order valence-electron chi connectivity index (χ4n) is 1.99. The smallest absolute Gasteiger partial charge is 0.331 e. The van der Waals surface area contributed by atoms with Gasteiger partial charge in [-0.3, -0.25) is 18.7 Å². The van der Waals surface area contributed by atoms with Crippen LogP contribution in [0.25, 0.3) is 0 Å². The second kappa shape index (κ2) is 7.35. The Labute approximate surface area is 131 Å². The highest BCUT2D eigenvalue weighted by molar-refractivity contribution is 5.75. The van der Waals surface area contributed by atoms with Gasteiger partial charge in [0.1, 0.15) is 12.4 Å². The molecule has 0 saturated heterocycles. The highest BCUT2D eigenvalue weighted by Gasteiger charge is 2.09. The summed E-state index contributed by atoms with van der Waals surface area (Å²) in [7, 11) is 0. The van der Waals surface area contributed by atoms with Crippen molar-refractivity contribution in [2.45, 2.75) is 13.1 Å². The van der Waals surface area contributed by atoms with Crippen molar-refractivity contribution in [3.63, 3.8) is 0 Å². The summed E-state index contributed by atoms with van der Waals surface area (Å²) in [6.07, 6.45) is 2.85. The average Bonchev–Trinajstić information content (AvgIpc) is 2.54. The number of hydrogen-bond acceptors (Lipinski definition) is 3. The van der Waals surface area contributed by atoms with Gasteiger partial charge in [0.2, 0.25) is 5.91 Å². The molecule has 0 atom stereocenters. The van der Waals surface area contributed by atoms with E-state index in [1.165, 1.54) is 35.0 Å². The summed E-state index contributed by atoms with van der Waals surface area (Å²) in [5.74, 6) is -0.825. The minimum Gasteiger partial charge on any atom is -0.351 e. The van der Waals surface area contributed by atoms with Crippen molar-refractivity contribution in [2.75, 3.05) is 6.54 Å². The molecule has 0 aliphatic rings. The standard InChI is InChI=1S/C16H16FN3O3/c1-2-8-18-14(21)11-20-15(22)7-9-19(16(20)23)10-12-3-5-13(17)6-4-12/h2-7,9H,1,8,10-11H2,(H,18,21). The van der Waals surface area contributed by atoms with Crippen LogP contribution in [0.15, 0.2) is 58.8 Å². The monoisotopic (exact) mass is 317 g/mol. The first-order valence-electron chi connectivity index (χ1n) is 6.93. The summed E-state index contributed by atoms with van der Waals surface area (Å²) in [6.45, 7) is 3.53. The molecular formula is C16H16FN3O3. The Bertz CT molecular complexity index is 822. The van der Waals surface area contributed by atoms with Crippen LogP contribution >= 0.6 is 0 Å². The minimum atomic E-state index is -0.601. The van der Waals surface area contributed by atoms with E-state index in [0.29, 0.717) is 5.56 Å². The topological polar surface area (TPSA) is 73.1 Å². The maximum atomic E-state index is 12.9. The highest BCUT2D eigenvalue weighted by atomic mass is 19.1. The lowest BCUT2D eigenvalue weighted by atomic mass is 10.2. The molecule has 0 saturated carbocycles. The maximum Gasteiger partial charge on any atom is 0.331 e. The van der Waals surface area contributed by atoms with Crippen LogP contribution in [-0.4, -0.2) is 21.6 Å². The fourth-order valence-corrected chi connectivity index (χ4v) is 1.99. The van der Waals surface area contributed by atoms with Crippen molar-refractivity contribution in [3.8, 4) is 0 Å². The van der Waals surface area contributed by atoms with E-state index in [9.17, 15) is 18.8 Å². The second-order valence-electron chi connectivity index (χ2n) is 4.87. The van der Waals surface area contributed by atoms with Crippen LogP contribution in [0.3, 0.4) is 0 Å². The van der Waals surface area contributed by atoms with Crippen LogP contribution in [0.4, 0.5) is 4.39 Å². The molecular weight excluding hydrogens is 301 g/mol. The van der Waals surface area contributed by atoms with Crippen molar-refractivity contribution in [1.29, 1.82) is 0 Å². The van der Waals surface area contributed by atoms with Gasteiger partial charge in [0.15, 0.2) is 0 Å². The largest absolute Gasteiger partial charge is 0.351 e. The quantitative estimate of drug-likeness (QED) is 0.789. The zero-order valence-electron chi connectivity index (χ0n) is 12.4. The van der Waals surface area contributed by atoms with Gasteiger partial charge in [-0.05, 0) is 17.7 Å². The molecule has 0 aliphatic carbocycles. The lowest BCUT2D eigenvalue weighted by Gasteiger charge is -2.10. The van der Waals surface area contributed by atoms with E-state index in [0.717, 1.165) is 4.57 Å². The molecule has 2 rings (SSSR count). The van der Waals surface area contributed by atoms with Crippen LogP contribution < -0.4 is 16.6 Å². The number of rotatable bonds is 6. The summed E-state index contributed by atoms with van der Waals surface area (Å²) >= 11 is 0. The molecule has 23 heavy (non-hydrogen) atoms. The van der Waals surface area contributed by atoms with Crippen LogP contribution in [-0.2, 0) is 17.9 Å². The highest BCUT2D eigenvalue weighted by Crippen LogP contribution is 2.03. The number of nitrogens with one attached hydrogen (secondary N) is 1. The Morgan fingerprint density at radius 2 is 1.91 bits per heavy atom. The average molecular weight is 317 g/mol. The van der Waals surface area contributed by atoms with Crippen LogP contribution in [0.2, 0.25) is 0 Å². The lowest BCUT2D eigenvalue weighted by Crippen LogP contribution is -2.43. The van der Waals surface area contributed by atoms with E-state index in [-0.39, 0.29) is 25.5 Å². The van der Waals surface area contributed by atoms with Gasteiger partial charge < -0.3 is 5.32 Å². The zero-order valence-corrected chi connectivity index (χ0v) is 12.4. The Hall–Kier alpha value is -2.96. The van der Waals surface area contributed by atoms with Gasteiger partial charge in [-0.15, -0.1) is 6.58 Å². The van der Waals surface area contributed by atoms with E-state index in [1.807, 2.05) is 0 Å². The van der Waals surface area contributed by atoms with Gasteiger partial charge in [-0.2, -0.15) is 0 Å². The number of nitrogens with zero attached hydrogens (tertiary/aromatic N) is 2. The Balaban J connectivity index is 2.25. The van der Waals surface area contributed by atoms with Crippen molar-refractivity contribution < 1.29 is 9.18 Å². The SMILES string of the molecule is C=CCNC(=O)Cn1c(=O)ccn(Cc2ccc(F)cc2)c1=O. The van der Waals surface area contributed by atoms with Gasteiger partial charge in [-0.1, -0.05) is 18.2 Å². The first kappa shape index (κ1) is 16.4. The third-order valence-corrected chi connectivity index (χ3v) is 3.15. The second-order valence-corrected chi connectivity index (χ2v) is 4.87. The van der Waals surface area contributed by atoms with E-state index in [2.05, 4.69) is 11.9 Å². The molecule has 0 unspecified atom stereocenters. The molecule has 1 amide bonds.